The molecule has 1 aliphatic heterocycles. The number of nitrogens with zero attached hydrogens (tertiary/aromatic N) is 1. The van der Waals surface area contributed by atoms with Crippen molar-refractivity contribution >= 4 is 23.5 Å². The molecule has 146 valence electrons. The van der Waals surface area contributed by atoms with Gasteiger partial charge in [-0.2, -0.15) is 0 Å². The van der Waals surface area contributed by atoms with Gasteiger partial charge in [0, 0.05) is 0 Å². The summed E-state index contributed by atoms with van der Waals surface area (Å²) < 4.78 is 5.49. The quantitative estimate of drug-likeness (QED) is 0.347. The van der Waals surface area contributed by atoms with E-state index in [1.807, 2.05) is 26.0 Å². The van der Waals surface area contributed by atoms with Crippen LogP contribution in [0.3, 0.4) is 0 Å². The summed E-state index contributed by atoms with van der Waals surface area (Å²) in [5.74, 6) is -0.570. The normalized spacial score (nSPS) is 26.9. The number of hydrogen-bond donors (Lipinski definition) is 0. The first-order valence-electron chi connectivity index (χ1n) is 9.89. The third kappa shape index (κ3) is 2.72. The van der Waals surface area contributed by atoms with Gasteiger partial charge >= 0.3 is 5.97 Å². The van der Waals surface area contributed by atoms with E-state index < -0.39 is 5.97 Å². The van der Waals surface area contributed by atoms with E-state index in [-0.39, 0.29) is 35.5 Å². The first-order chi connectivity index (χ1) is 13.9. The number of esters is 1. The second-order valence-corrected chi connectivity index (χ2v) is 8.20. The van der Waals surface area contributed by atoms with Gasteiger partial charge in [0.2, 0.25) is 11.8 Å². The number of carbonyl (C=O) groups is 3. The zero-order chi connectivity index (χ0) is 20.3. The Hall–Kier alpha value is -3.21. The number of hydrogen-bond acceptors (Lipinski definition) is 4. The van der Waals surface area contributed by atoms with E-state index in [0.29, 0.717) is 17.0 Å². The minimum absolute atomic E-state index is 0.156. The third-order valence-electron chi connectivity index (χ3n) is 6.50. The fourth-order valence-corrected chi connectivity index (χ4v) is 4.87. The predicted octanol–water partition coefficient (Wildman–Crippen LogP) is 3.83. The van der Waals surface area contributed by atoms with Crippen molar-refractivity contribution in [3.8, 4) is 5.75 Å². The minimum atomic E-state index is -0.517. The largest absolute Gasteiger partial charge is 0.423 e. The SMILES string of the molecule is Cc1ccc(OC(=O)c2cccc(N3C(=O)[C@@H]4[C@@H](C3=O)[C@H]3C=C[C@H]4C3)c2)cc1C. The molecule has 2 aliphatic carbocycles. The molecule has 2 aromatic rings. The number of fused-ring (bicyclic) bond motifs is 5. The Balaban J connectivity index is 1.40. The summed E-state index contributed by atoms with van der Waals surface area (Å²) in [4.78, 5) is 39.9. The highest BCUT2D eigenvalue weighted by Crippen LogP contribution is 2.53. The summed E-state index contributed by atoms with van der Waals surface area (Å²) in [7, 11) is 0. The highest BCUT2D eigenvalue weighted by molar-refractivity contribution is 6.23. The van der Waals surface area contributed by atoms with Crippen LogP contribution in [0.4, 0.5) is 5.69 Å². The lowest BCUT2D eigenvalue weighted by molar-refractivity contribution is -0.123. The standard InChI is InChI=1S/C24H21NO4/c1-13-6-9-19(10-14(13)2)29-24(28)17-4-3-5-18(12-17)25-22(26)20-15-7-8-16(11-15)21(20)23(25)27/h3-10,12,15-16,20-21H,11H2,1-2H3/t15-,16-,20-,21-/m0/s1. The maximum Gasteiger partial charge on any atom is 0.343 e. The zero-order valence-electron chi connectivity index (χ0n) is 16.3. The van der Waals surface area contributed by atoms with Crippen LogP contribution >= 0.6 is 0 Å². The molecule has 5 nitrogen and oxygen atoms in total. The van der Waals surface area contributed by atoms with Crippen LogP contribution in [0.2, 0.25) is 0 Å². The molecule has 3 aliphatic rings. The van der Waals surface area contributed by atoms with Crippen LogP contribution in [0.1, 0.15) is 27.9 Å². The maximum atomic E-state index is 13.0. The fourth-order valence-electron chi connectivity index (χ4n) is 4.87. The van der Waals surface area contributed by atoms with E-state index in [2.05, 4.69) is 12.2 Å². The lowest BCUT2D eigenvalue weighted by Crippen LogP contribution is -2.33. The number of anilines is 1. The third-order valence-corrected chi connectivity index (χ3v) is 6.50. The van der Waals surface area contributed by atoms with E-state index in [4.69, 9.17) is 4.74 Å². The van der Waals surface area contributed by atoms with Crippen LogP contribution in [0, 0.1) is 37.5 Å². The van der Waals surface area contributed by atoms with Gasteiger partial charge in [0.05, 0.1) is 23.1 Å². The van der Waals surface area contributed by atoms with Gasteiger partial charge in [-0.15, -0.1) is 0 Å². The van der Waals surface area contributed by atoms with Crippen molar-refractivity contribution < 1.29 is 19.1 Å². The number of benzene rings is 2. The number of imide groups is 1. The van der Waals surface area contributed by atoms with E-state index >= 15 is 0 Å². The molecule has 1 saturated heterocycles. The molecule has 0 radical (unpaired) electrons. The number of ether oxygens (including phenoxy) is 1. The van der Waals surface area contributed by atoms with Crippen LogP contribution in [0.5, 0.6) is 5.75 Å². The summed E-state index contributed by atoms with van der Waals surface area (Å²) in [5.41, 5.74) is 2.89. The molecular formula is C24H21NO4. The molecule has 1 heterocycles. The Bertz CT molecular complexity index is 1060. The summed E-state index contributed by atoms with van der Waals surface area (Å²) in [6.07, 6.45) is 5.03. The lowest BCUT2D eigenvalue weighted by Gasteiger charge is -2.18. The molecule has 0 unspecified atom stereocenters. The van der Waals surface area contributed by atoms with Crippen molar-refractivity contribution in [2.24, 2.45) is 23.7 Å². The summed E-state index contributed by atoms with van der Waals surface area (Å²) in [6.45, 7) is 3.95. The Morgan fingerprint density at radius 3 is 2.28 bits per heavy atom. The number of rotatable bonds is 3. The van der Waals surface area contributed by atoms with Crippen molar-refractivity contribution in [3.05, 3.63) is 71.3 Å². The molecule has 5 heteroatoms. The molecular weight excluding hydrogens is 366 g/mol. The molecule has 1 saturated carbocycles. The highest BCUT2D eigenvalue weighted by atomic mass is 16.5. The fraction of sp³-hybridized carbons (Fsp3) is 0.292. The molecule has 2 amide bonds. The second kappa shape index (κ2) is 6.41. The molecule has 2 bridgehead atoms. The van der Waals surface area contributed by atoms with Crippen LogP contribution in [-0.4, -0.2) is 17.8 Å². The van der Waals surface area contributed by atoms with Gasteiger partial charge in [-0.1, -0.05) is 24.3 Å². The Morgan fingerprint density at radius 2 is 1.62 bits per heavy atom. The Morgan fingerprint density at radius 1 is 0.931 bits per heavy atom. The smallest absolute Gasteiger partial charge is 0.343 e. The van der Waals surface area contributed by atoms with Crippen molar-refractivity contribution in [2.75, 3.05) is 4.90 Å². The lowest BCUT2D eigenvalue weighted by atomic mass is 9.85. The van der Waals surface area contributed by atoms with Crippen LogP contribution < -0.4 is 9.64 Å². The number of aryl methyl sites for hydroxylation is 2. The van der Waals surface area contributed by atoms with Gasteiger partial charge in [-0.05, 0) is 73.6 Å². The monoisotopic (exact) mass is 387 g/mol. The van der Waals surface area contributed by atoms with Crippen molar-refractivity contribution in [1.82, 2.24) is 0 Å². The summed E-state index contributed by atoms with van der Waals surface area (Å²) >= 11 is 0. The molecule has 29 heavy (non-hydrogen) atoms. The molecule has 0 N–H and O–H groups in total. The van der Waals surface area contributed by atoms with Crippen molar-refractivity contribution in [3.63, 3.8) is 0 Å². The van der Waals surface area contributed by atoms with Gasteiger partial charge in [-0.3, -0.25) is 9.59 Å². The van der Waals surface area contributed by atoms with Gasteiger partial charge in [0.25, 0.3) is 0 Å². The second-order valence-electron chi connectivity index (χ2n) is 8.20. The van der Waals surface area contributed by atoms with Crippen LogP contribution in [-0.2, 0) is 9.59 Å². The van der Waals surface area contributed by atoms with E-state index in [1.54, 1.807) is 30.3 Å². The molecule has 2 fully saturated rings. The van der Waals surface area contributed by atoms with E-state index in [9.17, 15) is 14.4 Å². The first-order valence-corrected chi connectivity index (χ1v) is 9.89. The Kier molecular flexibility index (Phi) is 3.95. The first kappa shape index (κ1) is 17.9. The van der Waals surface area contributed by atoms with Crippen molar-refractivity contribution in [1.29, 1.82) is 0 Å². The van der Waals surface area contributed by atoms with Gasteiger partial charge in [0.1, 0.15) is 5.75 Å². The van der Waals surface area contributed by atoms with E-state index in [0.717, 1.165) is 17.5 Å². The van der Waals surface area contributed by atoms with E-state index in [1.165, 1.54) is 4.90 Å². The minimum Gasteiger partial charge on any atom is -0.423 e. The molecule has 4 atom stereocenters. The average Bonchev–Trinajstić information content (AvgIpc) is 3.38. The summed E-state index contributed by atoms with van der Waals surface area (Å²) in [6, 6.07) is 12.0. The molecule has 0 aromatic heterocycles. The molecule has 0 spiro atoms. The van der Waals surface area contributed by atoms with Gasteiger partial charge in [-0.25, -0.2) is 9.69 Å². The Labute approximate surface area is 169 Å². The van der Waals surface area contributed by atoms with Crippen molar-refractivity contribution in [2.45, 2.75) is 20.3 Å². The van der Waals surface area contributed by atoms with Crippen LogP contribution in [0.25, 0.3) is 0 Å². The topological polar surface area (TPSA) is 63.7 Å². The summed E-state index contributed by atoms with van der Waals surface area (Å²) in [5, 5.41) is 0. The zero-order valence-corrected chi connectivity index (χ0v) is 16.3. The average molecular weight is 387 g/mol. The predicted molar refractivity (Wildman–Crippen MR) is 108 cm³/mol. The van der Waals surface area contributed by atoms with Gasteiger partial charge in [0.15, 0.2) is 0 Å². The molecule has 5 rings (SSSR count). The van der Waals surface area contributed by atoms with Gasteiger partial charge < -0.3 is 4.74 Å². The van der Waals surface area contributed by atoms with Crippen LogP contribution in [0.15, 0.2) is 54.6 Å². The number of carbonyl (C=O) groups excluding carboxylic acids is 3. The number of amides is 2. The highest BCUT2D eigenvalue weighted by Gasteiger charge is 2.59. The number of allylic oxidation sites excluding steroid dienone is 2. The molecule has 2 aromatic carbocycles. The maximum absolute atomic E-state index is 13.0.